The van der Waals surface area contributed by atoms with E-state index in [1.807, 2.05) is 13.8 Å². The average Bonchev–Trinajstić information content (AvgIpc) is 2.90. The number of amides is 1. The molecule has 0 bridgehead atoms. The van der Waals surface area contributed by atoms with Gasteiger partial charge in [0.15, 0.2) is 0 Å². The number of carbonyl (C=O) groups is 1. The van der Waals surface area contributed by atoms with Crippen LogP contribution in [0.2, 0.25) is 0 Å². The second-order valence-corrected chi connectivity index (χ2v) is 7.53. The van der Waals surface area contributed by atoms with Crippen molar-refractivity contribution < 1.29 is 13.2 Å². The molecule has 1 amide bonds. The zero-order valence-electron chi connectivity index (χ0n) is 12.2. The standard InChI is InChI=1S/C14H17N3O3S2/c1-10(2)9-13(18)16-11-3-5-12(6-4-11)22(19,20)17-14-15-7-8-21-14/h3-8,10H,9H2,1-2H3,(H2,15,16,17,18)/p-1. The number of nitrogens with zero attached hydrogens (tertiary/aromatic N) is 2. The maximum Gasteiger partial charge on any atom is 0.224 e. The van der Waals surface area contributed by atoms with Crippen LogP contribution in [0.1, 0.15) is 20.3 Å². The maximum atomic E-state index is 12.1. The van der Waals surface area contributed by atoms with E-state index in [-0.39, 0.29) is 21.9 Å². The SMILES string of the molecule is CC(C)CC(=O)Nc1ccc(S(=O)(=O)[N-]c2nccs2)cc1. The number of nitrogens with one attached hydrogen (secondary N) is 1. The van der Waals surface area contributed by atoms with Gasteiger partial charge in [0.05, 0.1) is 4.90 Å². The summed E-state index contributed by atoms with van der Waals surface area (Å²) >= 11 is 1.15. The highest BCUT2D eigenvalue weighted by molar-refractivity contribution is 7.94. The first-order valence-electron chi connectivity index (χ1n) is 6.64. The highest BCUT2D eigenvalue weighted by Crippen LogP contribution is 2.29. The molecule has 1 aromatic carbocycles. The maximum absolute atomic E-state index is 12.1. The predicted octanol–water partition coefficient (Wildman–Crippen LogP) is 3.52. The lowest BCUT2D eigenvalue weighted by Gasteiger charge is -2.12. The Balaban J connectivity index is 2.06. The third-order valence-electron chi connectivity index (χ3n) is 2.65. The molecule has 118 valence electrons. The van der Waals surface area contributed by atoms with E-state index in [1.165, 1.54) is 18.3 Å². The zero-order valence-corrected chi connectivity index (χ0v) is 13.8. The summed E-state index contributed by atoms with van der Waals surface area (Å²) in [7, 11) is -3.79. The third-order valence-corrected chi connectivity index (χ3v) is 4.71. The Morgan fingerprint density at radius 3 is 2.55 bits per heavy atom. The summed E-state index contributed by atoms with van der Waals surface area (Å²) < 4.78 is 27.8. The number of aromatic nitrogens is 1. The lowest BCUT2D eigenvalue weighted by Crippen LogP contribution is -2.13. The van der Waals surface area contributed by atoms with E-state index in [4.69, 9.17) is 0 Å². The van der Waals surface area contributed by atoms with Gasteiger partial charge in [-0.05, 0) is 35.6 Å². The average molecular weight is 338 g/mol. The van der Waals surface area contributed by atoms with Gasteiger partial charge >= 0.3 is 0 Å². The van der Waals surface area contributed by atoms with E-state index in [2.05, 4.69) is 15.0 Å². The number of thiazole rings is 1. The van der Waals surface area contributed by atoms with Crippen LogP contribution in [-0.2, 0) is 14.8 Å². The minimum absolute atomic E-state index is 0.0598. The third kappa shape index (κ3) is 4.54. The van der Waals surface area contributed by atoms with Gasteiger partial charge in [0.1, 0.15) is 0 Å². The summed E-state index contributed by atoms with van der Waals surface area (Å²) in [6, 6.07) is 5.92. The van der Waals surface area contributed by atoms with E-state index in [1.54, 1.807) is 17.5 Å². The van der Waals surface area contributed by atoms with Gasteiger partial charge in [0.25, 0.3) is 0 Å². The van der Waals surface area contributed by atoms with Gasteiger partial charge < -0.3 is 15.0 Å². The molecule has 2 aromatic rings. The summed E-state index contributed by atoms with van der Waals surface area (Å²) in [6.45, 7) is 3.91. The van der Waals surface area contributed by atoms with Crippen LogP contribution in [0.4, 0.5) is 10.8 Å². The number of sulfonamides is 1. The molecule has 6 nitrogen and oxygen atoms in total. The number of anilines is 1. The molecule has 0 radical (unpaired) electrons. The molecule has 1 aromatic heterocycles. The van der Waals surface area contributed by atoms with Crippen molar-refractivity contribution in [3.05, 3.63) is 40.6 Å². The fourth-order valence-corrected chi connectivity index (χ4v) is 3.38. The van der Waals surface area contributed by atoms with Gasteiger partial charge in [-0.1, -0.05) is 20.0 Å². The Bertz CT molecular complexity index is 723. The Kier molecular flexibility index (Phi) is 5.15. The van der Waals surface area contributed by atoms with Gasteiger partial charge in [-0.3, -0.25) is 4.79 Å². The van der Waals surface area contributed by atoms with Crippen molar-refractivity contribution in [3.63, 3.8) is 0 Å². The number of benzene rings is 1. The topological polar surface area (TPSA) is 90.2 Å². The Labute approximate surface area is 133 Å². The van der Waals surface area contributed by atoms with E-state index >= 15 is 0 Å². The first kappa shape index (κ1) is 16.4. The molecule has 0 aliphatic carbocycles. The molecule has 22 heavy (non-hydrogen) atoms. The normalized spacial score (nSPS) is 11.4. The van der Waals surface area contributed by atoms with Crippen LogP contribution in [0, 0.1) is 5.92 Å². The van der Waals surface area contributed by atoms with Gasteiger partial charge in [-0.2, -0.15) is 11.3 Å². The number of hydrogen-bond donors (Lipinski definition) is 1. The minimum atomic E-state index is -3.79. The quantitative estimate of drug-likeness (QED) is 0.872. The Morgan fingerprint density at radius 1 is 1.32 bits per heavy atom. The first-order chi connectivity index (χ1) is 10.4. The number of rotatable bonds is 6. The second-order valence-electron chi connectivity index (χ2n) is 5.05. The van der Waals surface area contributed by atoms with Crippen molar-refractivity contribution in [1.29, 1.82) is 0 Å². The summed E-state index contributed by atoms with van der Waals surface area (Å²) in [5.74, 6) is 0.162. The molecular formula is C14H16N3O3S2-. The number of hydrogen-bond acceptors (Lipinski definition) is 5. The van der Waals surface area contributed by atoms with Crippen LogP contribution in [-0.4, -0.2) is 19.3 Å². The minimum Gasteiger partial charge on any atom is -0.433 e. The smallest absolute Gasteiger partial charge is 0.224 e. The van der Waals surface area contributed by atoms with Crippen molar-refractivity contribution in [2.45, 2.75) is 25.2 Å². The second kappa shape index (κ2) is 6.89. The van der Waals surface area contributed by atoms with Crippen molar-refractivity contribution in [1.82, 2.24) is 4.98 Å². The van der Waals surface area contributed by atoms with Crippen molar-refractivity contribution in [2.75, 3.05) is 5.32 Å². The van der Waals surface area contributed by atoms with Crippen LogP contribution >= 0.6 is 11.3 Å². The molecule has 0 aliphatic rings. The fourth-order valence-electron chi connectivity index (χ4n) is 1.71. The van der Waals surface area contributed by atoms with Crippen molar-refractivity contribution in [2.24, 2.45) is 5.92 Å². The van der Waals surface area contributed by atoms with E-state index < -0.39 is 10.0 Å². The summed E-state index contributed by atoms with van der Waals surface area (Å²) in [6.07, 6.45) is 1.91. The van der Waals surface area contributed by atoms with Gasteiger partial charge in [0, 0.05) is 17.2 Å². The molecule has 0 saturated carbocycles. The fraction of sp³-hybridized carbons (Fsp3) is 0.286. The van der Waals surface area contributed by atoms with Gasteiger partial charge in [-0.25, -0.2) is 8.42 Å². The molecule has 0 fully saturated rings. The summed E-state index contributed by atoms with van der Waals surface area (Å²) in [5, 5.41) is 4.57. The van der Waals surface area contributed by atoms with Crippen LogP contribution in [0.3, 0.4) is 0 Å². The zero-order chi connectivity index (χ0) is 16.2. The molecule has 1 N–H and O–H groups in total. The van der Waals surface area contributed by atoms with E-state index in [0.29, 0.717) is 12.1 Å². The van der Waals surface area contributed by atoms with Crippen LogP contribution in [0.5, 0.6) is 0 Å². The molecule has 0 saturated heterocycles. The van der Waals surface area contributed by atoms with Crippen molar-refractivity contribution in [3.8, 4) is 0 Å². The molecule has 0 atom stereocenters. The van der Waals surface area contributed by atoms with E-state index in [0.717, 1.165) is 11.3 Å². The predicted molar refractivity (Wildman–Crippen MR) is 86.8 cm³/mol. The Morgan fingerprint density at radius 2 is 2.00 bits per heavy atom. The Hall–Kier alpha value is -1.93. The lowest BCUT2D eigenvalue weighted by atomic mass is 10.1. The van der Waals surface area contributed by atoms with Crippen molar-refractivity contribution >= 4 is 38.1 Å². The highest BCUT2D eigenvalue weighted by Gasteiger charge is 2.11. The van der Waals surface area contributed by atoms with Crippen LogP contribution < -0.4 is 5.32 Å². The monoisotopic (exact) mass is 338 g/mol. The molecule has 1 heterocycles. The largest absolute Gasteiger partial charge is 0.433 e. The molecule has 0 unspecified atom stereocenters. The number of carbonyl (C=O) groups excluding carboxylic acids is 1. The summed E-state index contributed by atoms with van der Waals surface area (Å²) in [4.78, 5) is 15.5. The van der Waals surface area contributed by atoms with Crippen LogP contribution in [0.15, 0.2) is 40.7 Å². The summed E-state index contributed by atoms with van der Waals surface area (Å²) in [5.41, 5.74) is 0.554. The molecular weight excluding hydrogens is 322 g/mol. The van der Waals surface area contributed by atoms with Gasteiger partial charge in [0.2, 0.25) is 15.9 Å². The van der Waals surface area contributed by atoms with Gasteiger partial charge in [-0.15, -0.1) is 0 Å². The first-order valence-corrected chi connectivity index (χ1v) is 8.96. The highest BCUT2D eigenvalue weighted by atomic mass is 32.2. The lowest BCUT2D eigenvalue weighted by molar-refractivity contribution is -0.116. The molecule has 0 spiro atoms. The molecule has 0 aliphatic heterocycles. The molecule has 8 heteroatoms. The van der Waals surface area contributed by atoms with E-state index in [9.17, 15) is 13.2 Å². The molecule has 2 rings (SSSR count). The van der Waals surface area contributed by atoms with Crippen LogP contribution in [0.25, 0.3) is 4.72 Å².